The van der Waals surface area contributed by atoms with Crippen LogP contribution < -0.4 is 11.3 Å². The highest BCUT2D eigenvalue weighted by Gasteiger charge is 2.16. The topological polar surface area (TPSA) is 50.9 Å². The second-order valence-corrected chi connectivity index (χ2v) is 4.33. The van der Waals surface area contributed by atoms with Crippen LogP contribution in [0.1, 0.15) is 28.3 Å². The van der Waals surface area contributed by atoms with E-state index in [1.54, 1.807) is 18.5 Å². The minimum atomic E-state index is -0.241. The van der Waals surface area contributed by atoms with Gasteiger partial charge in [0.2, 0.25) is 0 Å². The number of nitrogens with zero attached hydrogens (tertiary/aromatic N) is 1. The van der Waals surface area contributed by atoms with Gasteiger partial charge in [0.15, 0.2) is 0 Å². The summed E-state index contributed by atoms with van der Waals surface area (Å²) in [6.07, 6.45) is 3.52. The van der Waals surface area contributed by atoms with Crippen LogP contribution in [0, 0.1) is 19.7 Å². The molecule has 94 valence electrons. The third-order valence-electron chi connectivity index (χ3n) is 3.10. The number of nitrogens with one attached hydrogen (secondary N) is 1. The van der Waals surface area contributed by atoms with Crippen LogP contribution in [-0.2, 0) is 0 Å². The number of aromatic nitrogens is 1. The molecule has 0 fully saturated rings. The predicted octanol–water partition coefficient (Wildman–Crippen LogP) is 2.39. The molecule has 0 aliphatic carbocycles. The van der Waals surface area contributed by atoms with Crippen LogP contribution in [0.4, 0.5) is 4.39 Å². The van der Waals surface area contributed by atoms with E-state index in [0.29, 0.717) is 0 Å². The summed E-state index contributed by atoms with van der Waals surface area (Å²) in [5.41, 5.74) is 6.68. The average Bonchev–Trinajstić information content (AvgIpc) is 2.34. The highest BCUT2D eigenvalue weighted by Crippen LogP contribution is 2.26. The van der Waals surface area contributed by atoms with Crippen LogP contribution in [0.5, 0.6) is 0 Å². The Labute approximate surface area is 106 Å². The van der Waals surface area contributed by atoms with Crippen LogP contribution in [0.25, 0.3) is 0 Å². The number of rotatable bonds is 3. The lowest BCUT2D eigenvalue weighted by molar-refractivity contribution is 0.610. The molecule has 0 aliphatic heterocycles. The third kappa shape index (κ3) is 2.39. The highest BCUT2D eigenvalue weighted by atomic mass is 19.1. The molecule has 0 saturated heterocycles. The van der Waals surface area contributed by atoms with Crippen LogP contribution in [0.2, 0.25) is 0 Å². The van der Waals surface area contributed by atoms with Gasteiger partial charge in [0.05, 0.1) is 6.04 Å². The van der Waals surface area contributed by atoms with Gasteiger partial charge in [0.25, 0.3) is 0 Å². The summed E-state index contributed by atoms with van der Waals surface area (Å²) >= 11 is 0. The fourth-order valence-electron chi connectivity index (χ4n) is 2.09. The third-order valence-corrected chi connectivity index (χ3v) is 3.10. The van der Waals surface area contributed by atoms with Crippen LogP contribution in [0.15, 0.2) is 36.7 Å². The minimum absolute atomic E-state index is 0.181. The Balaban J connectivity index is 2.49. The van der Waals surface area contributed by atoms with Crippen LogP contribution in [-0.4, -0.2) is 4.98 Å². The minimum Gasteiger partial charge on any atom is -0.271 e. The molecule has 18 heavy (non-hydrogen) atoms. The summed E-state index contributed by atoms with van der Waals surface area (Å²) in [7, 11) is 0. The maximum atomic E-state index is 13.1. The first-order chi connectivity index (χ1) is 8.63. The smallest absolute Gasteiger partial charge is 0.123 e. The van der Waals surface area contributed by atoms with Gasteiger partial charge in [0, 0.05) is 12.4 Å². The summed E-state index contributed by atoms with van der Waals surface area (Å²) < 4.78 is 13.1. The monoisotopic (exact) mass is 245 g/mol. The van der Waals surface area contributed by atoms with Gasteiger partial charge in [-0.3, -0.25) is 10.8 Å². The molecule has 1 heterocycles. The van der Waals surface area contributed by atoms with Gasteiger partial charge in [0.1, 0.15) is 5.82 Å². The second-order valence-electron chi connectivity index (χ2n) is 4.33. The molecule has 1 aromatic heterocycles. The van der Waals surface area contributed by atoms with Gasteiger partial charge >= 0.3 is 0 Å². The predicted molar refractivity (Wildman–Crippen MR) is 69.3 cm³/mol. The van der Waals surface area contributed by atoms with Crippen molar-refractivity contribution in [1.29, 1.82) is 0 Å². The zero-order valence-corrected chi connectivity index (χ0v) is 10.4. The number of hydrazine groups is 1. The summed E-state index contributed by atoms with van der Waals surface area (Å²) in [5.74, 6) is 5.40. The first-order valence-electron chi connectivity index (χ1n) is 5.76. The van der Waals surface area contributed by atoms with E-state index in [1.807, 2.05) is 19.9 Å². The molecule has 4 heteroatoms. The van der Waals surface area contributed by atoms with Crippen molar-refractivity contribution in [3.8, 4) is 0 Å². The van der Waals surface area contributed by atoms with Crippen molar-refractivity contribution in [3.63, 3.8) is 0 Å². The quantitative estimate of drug-likeness (QED) is 0.645. The number of pyridine rings is 1. The molecule has 2 rings (SSSR count). The molecule has 0 aliphatic rings. The number of hydrogen-bond donors (Lipinski definition) is 2. The standard InChI is InChI=1S/C14H16FN3/c1-9-5-6-17-8-13(9)14(18-16)12-4-3-11(15)7-10(12)2/h3-8,14,18H,16H2,1-2H3. The van der Waals surface area contributed by atoms with E-state index >= 15 is 0 Å². The van der Waals surface area contributed by atoms with Crippen molar-refractivity contribution in [2.45, 2.75) is 19.9 Å². The summed E-state index contributed by atoms with van der Waals surface area (Å²) in [6.45, 7) is 3.87. The Kier molecular flexibility index (Phi) is 3.69. The first kappa shape index (κ1) is 12.7. The molecule has 0 bridgehead atoms. The second kappa shape index (κ2) is 5.25. The van der Waals surface area contributed by atoms with Gasteiger partial charge in [-0.15, -0.1) is 0 Å². The molecule has 0 saturated carbocycles. The normalized spacial score (nSPS) is 12.4. The van der Waals surface area contributed by atoms with Crippen molar-refractivity contribution in [2.24, 2.45) is 5.84 Å². The maximum absolute atomic E-state index is 13.1. The van der Waals surface area contributed by atoms with E-state index in [4.69, 9.17) is 5.84 Å². The Hall–Kier alpha value is -1.78. The van der Waals surface area contributed by atoms with Crippen LogP contribution in [0.3, 0.4) is 0 Å². The number of nitrogens with two attached hydrogens (primary N) is 1. The molecule has 3 N–H and O–H groups in total. The molecule has 0 spiro atoms. The number of halogens is 1. The van der Waals surface area contributed by atoms with Crippen molar-refractivity contribution in [2.75, 3.05) is 0 Å². The van der Waals surface area contributed by atoms with E-state index in [0.717, 1.165) is 22.3 Å². The summed E-state index contributed by atoms with van der Waals surface area (Å²) in [6, 6.07) is 6.45. The lowest BCUT2D eigenvalue weighted by Crippen LogP contribution is -2.30. The first-order valence-corrected chi connectivity index (χ1v) is 5.76. The molecule has 3 nitrogen and oxygen atoms in total. The fraction of sp³-hybridized carbons (Fsp3) is 0.214. The Morgan fingerprint density at radius 2 is 1.94 bits per heavy atom. The largest absolute Gasteiger partial charge is 0.271 e. The number of hydrogen-bond acceptors (Lipinski definition) is 3. The van der Waals surface area contributed by atoms with Gasteiger partial charge in [-0.05, 0) is 54.3 Å². The summed E-state index contributed by atoms with van der Waals surface area (Å²) in [4.78, 5) is 4.12. The van der Waals surface area contributed by atoms with Crippen molar-refractivity contribution < 1.29 is 4.39 Å². The van der Waals surface area contributed by atoms with Gasteiger partial charge in [-0.25, -0.2) is 9.82 Å². The Bertz CT molecular complexity index is 554. The van der Waals surface area contributed by atoms with E-state index in [1.165, 1.54) is 12.1 Å². The van der Waals surface area contributed by atoms with E-state index in [-0.39, 0.29) is 11.9 Å². The molecule has 1 aromatic carbocycles. The lowest BCUT2D eigenvalue weighted by atomic mass is 9.94. The molecule has 2 aromatic rings. The molecule has 0 amide bonds. The van der Waals surface area contributed by atoms with Crippen molar-refractivity contribution in [3.05, 3.63) is 64.7 Å². The molecule has 0 radical (unpaired) electrons. The number of benzene rings is 1. The zero-order valence-electron chi connectivity index (χ0n) is 10.4. The molecule has 1 atom stereocenters. The average molecular weight is 245 g/mol. The molecular weight excluding hydrogens is 229 g/mol. The Morgan fingerprint density at radius 1 is 1.17 bits per heavy atom. The van der Waals surface area contributed by atoms with Gasteiger partial charge in [-0.1, -0.05) is 6.07 Å². The number of aryl methyl sites for hydroxylation is 2. The lowest BCUT2D eigenvalue weighted by Gasteiger charge is -2.20. The SMILES string of the molecule is Cc1cc(F)ccc1C(NN)c1cnccc1C. The molecule has 1 unspecified atom stereocenters. The van der Waals surface area contributed by atoms with Gasteiger partial charge < -0.3 is 0 Å². The van der Waals surface area contributed by atoms with Crippen LogP contribution >= 0.6 is 0 Å². The zero-order chi connectivity index (χ0) is 13.1. The molecular formula is C14H16FN3. The van der Waals surface area contributed by atoms with E-state index in [2.05, 4.69) is 10.4 Å². The van der Waals surface area contributed by atoms with Gasteiger partial charge in [-0.2, -0.15) is 0 Å². The highest BCUT2D eigenvalue weighted by molar-refractivity contribution is 5.38. The fourth-order valence-corrected chi connectivity index (χ4v) is 2.09. The van der Waals surface area contributed by atoms with E-state index in [9.17, 15) is 4.39 Å². The maximum Gasteiger partial charge on any atom is 0.123 e. The van der Waals surface area contributed by atoms with Crippen molar-refractivity contribution in [1.82, 2.24) is 10.4 Å². The van der Waals surface area contributed by atoms with E-state index < -0.39 is 0 Å². The summed E-state index contributed by atoms with van der Waals surface area (Å²) in [5, 5.41) is 0. The Morgan fingerprint density at radius 3 is 2.56 bits per heavy atom. The van der Waals surface area contributed by atoms with Crippen molar-refractivity contribution >= 4 is 0 Å².